The summed E-state index contributed by atoms with van der Waals surface area (Å²) in [5.41, 5.74) is 5.34. The maximum atomic E-state index is 11.1. The van der Waals surface area contributed by atoms with Gasteiger partial charge in [0.05, 0.1) is 11.0 Å². The molecule has 62 valence electrons. The van der Waals surface area contributed by atoms with Crippen molar-refractivity contribution in [1.29, 1.82) is 0 Å². The molecule has 0 rings (SSSR count). The highest BCUT2D eigenvalue weighted by Crippen LogP contribution is 2.00. The van der Waals surface area contributed by atoms with E-state index in [0.29, 0.717) is 0 Å². The van der Waals surface area contributed by atoms with Gasteiger partial charge in [-0.25, -0.2) is 8.42 Å². The number of hydrogen-bond donors (Lipinski definition) is 1. The third kappa shape index (κ3) is 3.17. The molecule has 0 spiro atoms. The lowest BCUT2D eigenvalue weighted by atomic mass is 10.4. The minimum absolute atomic E-state index is 0.0880. The summed E-state index contributed by atoms with van der Waals surface area (Å²) < 4.78 is 22.1. The first-order chi connectivity index (χ1) is 4.36. The normalized spacial score (nSPS) is 15.7. The van der Waals surface area contributed by atoms with E-state index in [9.17, 15) is 8.42 Å². The zero-order valence-electron chi connectivity index (χ0n) is 6.66. The molecule has 10 heavy (non-hydrogen) atoms. The summed E-state index contributed by atoms with van der Waals surface area (Å²) in [4.78, 5) is 0. The van der Waals surface area contributed by atoms with E-state index >= 15 is 0 Å². The Balaban J connectivity index is 4.16. The van der Waals surface area contributed by atoms with Crippen LogP contribution in [0.25, 0.3) is 0 Å². The summed E-state index contributed by atoms with van der Waals surface area (Å²) >= 11 is 0. The second kappa shape index (κ2) is 3.34. The Morgan fingerprint density at radius 1 is 1.30 bits per heavy atom. The molecule has 0 radical (unpaired) electrons. The highest BCUT2D eigenvalue weighted by molar-refractivity contribution is 7.92. The molecule has 0 aromatic heterocycles. The van der Waals surface area contributed by atoms with Gasteiger partial charge in [-0.3, -0.25) is 0 Å². The largest absolute Gasteiger partial charge is 0.327 e. The summed E-state index contributed by atoms with van der Waals surface area (Å²) in [7, 11) is -2.92. The van der Waals surface area contributed by atoms with E-state index in [2.05, 4.69) is 0 Å². The molecule has 0 fully saturated rings. The Kier molecular flexibility index (Phi) is 3.31. The molecule has 0 aliphatic rings. The van der Waals surface area contributed by atoms with Crippen LogP contribution in [-0.4, -0.2) is 25.5 Å². The zero-order valence-corrected chi connectivity index (χ0v) is 7.48. The maximum Gasteiger partial charge on any atom is 0.154 e. The van der Waals surface area contributed by atoms with Crippen LogP contribution in [0.3, 0.4) is 0 Å². The lowest BCUT2D eigenvalue weighted by Crippen LogP contribution is -2.30. The van der Waals surface area contributed by atoms with Gasteiger partial charge >= 0.3 is 0 Å². The van der Waals surface area contributed by atoms with Gasteiger partial charge in [-0.2, -0.15) is 0 Å². The van der Waals surface area contributed by atoms with Gasteiger partial charge < -0.3 is 5.73 Å². The standard InChI is InChI=1S/C6H15NO2S/c1-5(2)10(8,9)4-6(3)7/h5-6H,4,7H2,1-3H3. The van der Waals surface area contributed by atoms with Gasteiger partial charge in [0.25, 0.3) is 0 Å². The van der Waals surface area contributed by atoms with Crippen LogP contribution >= 0.6 is 0 Å². The van der Waals surface area contributed by atoms with Crippen LogP contribution < -0.4 is 5.73 Å². The predicted molar refractivity (Wildman–Crippen MR) is 42.6 cm³/mol. The smallest absolute Gasteiger partial charge is 0.154 e. The summed E-state index contributed by atoms with van der Waals surface area (Å²) in [5, 5.41) is -0.307. The number of rotatable bonds is 3. The topological polar surface area (TPSA) is 60.2 Å². The fourth-order valence-electron chi connectivity index (χ4n) is 0.559. The van der Waals surface area contributed by atoms with Gasteiger partial charge in [-0.15, -0.1) is 0 Å². The Bertz CT molecular complexity index is 182. The van der Waals surface area contributed by atoms with Crippen LogP contribution in [0.5, 0.6) is 0 Å². The first-order valence-corrected chi connectivity index (χ1v) is 5.05. The first kappa shape index (κ1) is 9.91. The van der Waals surface area contributed by atoms with Crippen molar-refractivity contribution in [2.24, 2.45) is 5.73 Å². The van der Waals surface area contributed by atoms with Crippen molar-refractivity contribution >= 4 is 9.84 Å². The Labute approximate surface area is 62.5 Å². The third-order valence-corrected chi connectivity index (χ3v) is 3.64. The molecular formula is C6H15NO2S. The zero-order chi connectivity index (χ0) is 8.36. The van der Waals surface area contributed by atoms with E-state index in [1.54, 1.807) is 20.8 Å². The second-order valence-electron chi connectivity index (χ2n) is 2.86. The molecule has 0 amide bonds. The summed E-state index contributed by atoms with van der Waals surface area (Å²) in [5.74, 6) is 0.0880. The van der Waals surface area contributed by atoms with Gasteiger partial charge in [-0.05, 0) is 20.8 Å². The number of hydrogen-bond acceptors (Lipinski definition) is 3. The molecule has 0 heterocycles. The van der Waals surface area contributed by atoms with Crippen LogP contribution in [0, 0.1) is 0 Å². The summed E-state index contributed by atoms with van der Waals surface area (Å²) in [6.07, 6.45) is 0. The molecule has 0 aromatic rings. The molecular weight excluding hydrogens is 150 g/mol. The van der Waals surface area contributed by atoms with E-state index in [-0.39, 0.29) is 17.0 Å². The van der Waals surface area contributed by atoms with E-state index in [1.165, 1.54) is 0 Å². The van der Waals surface area contributed by atoms with Gasteiger partial charge in [-0.1, -0.05) is 0 Å². The molecule has 0 aliphatic heterocycles. The van der Waals surface area contributed by atoms with Crippen molar-refractivity contribution in [1.82, 2.24) is 0 Å². The monoisotopic (exact) mass is 165 g/mol. The van der Waals surface area contributed by atoms with Gasteiger partial charge in [0.2, 0.25) is 0 Å². The fraction of sp³-hybridized carbons (Fsp3) is 1.00. The Morgan fingerprint density at radius 3 is 1.80 bits per heavy atom. The molecule has 0 saturated carbocycles. The Hall–Kier alpha value is -0.0900. The highest BCUT2D eigenvalue weighted by atomic mass is 32.2. The number of sulfone groups is 1. The minimum Gasteiger partial charge on any atom is -0.327 e. The van der Waals surface area contributed by atoms with Crippen molar-refractivity contribution in [3.05, 3.63) is 0 Å². The van der Waals surface area contributed by atoms with Crippen LogP contribution in [0.4, 0.5) is 0 Å². The average molecular weight is 165 g/mol. The van der Waals surface area contributed by atoms with E-state index in [0.717, 1.165) is 0 Å². The summed E-state index contributed by atoms with van der Waals surface area (Å²) in [6, 6.07) is -0.257. The van der Waals surface area contributed by atoms with Crippen molar-refractivity contribution in [3.8, 4) is 0 Å². The summed E-state index contributed by atoms with van der Waals surface area (Å²) in [6.45, 7) is 5.02. The molecule has 0 aromatic carbocycles. The van der Waals surface area contributed by atoms with E-state index < -0.39 is 9.84 Å². The SMILES string of the molecule is CC(N)CS(=O)(=O)C(C)C. The molecule has 0 aliphatic carbocycles. The van der Waals surface area contributed by atoms with Crippen LogP contribution in [0.1, 0.15) is 20.8 Å². The van der Waals surface area contributed by atoms with Crippen LogP contribution in [0.2, 0.25) is 0 Å². The van der Waals surface area contributed by atoms with E-state index in [4.69, 9.17) is 5.73 Å². The maximum absolute atomic E-state index is 11.1. The Morgan fingerprint density at radius 2 is 1.70 bits per heavy atom. The molecule has 3 nitrogen and oxygen atoms in total. The third-order valence-electron chi connectivity index (χ3n) is 1.21. The molecule has 1 atom stereocenters. The molecule has 0 bridgehead atoms. The average Bonchev–Trinajstić information content (AvgIpc) is 1.60. The molecule has 0 saturated heterocycles. The highest BCUT2D eigenvalue weighted by Gasteiger charge is 2.17. The molecule has 1 unspecified atom stereocenters. The first-order valence-electron chi connectivity index (χ1n) is 3.33. The quantitative estimate of drug-likeness (QED) is 0.648. The van der Waals surface area contributed by atoms with Crippen molar-refractivity contribution in [2.75, 3.05) is 5.75 Å². The van der Waals surface area contributed by atoms with Gasteiger partial charge in [0.15, 0.2) is 9.84 Å². The van der Waals surface area contributed by atoms with Crippen LogP contribution in [0.15, 0.2) is 0 Å². The molecule has 4 heteroatoms. The fourth-order valence-corrected chi connectivity index (χ4v) is 1.68. The second-order valence-corrected chi connectivity index (χ2v) is 5.46. The van der Waals surface area contributed by atoms with E-state index in [1.807, 2.05) is 0 Å². The lowest BCUT2D eigenvalue weighted by Gasteiger charge is -2.08. The minimum atomic E-state index is -2.92. The lowest BCUT2D eigenvalue weighted by molar-refractivity contribution is 0.581. The predicted octanol–water partition coefficient (Wildman–Crippen LogP) is 0.157. The van der Waals surface area contributed by atoms with Crippen molar-refractivity contribution < 1.29 is 8.42 Å². The van der Waals surface area contributed by atoms with Gasteiger partial charge in [0.1, 0.15) is 0 Å². The number of nitrogens with two attached hydrogens (primary N) is 1. The van der Waals surface area contributed by atoms with Gasteiger partial charge in [0, 0.05) is 6.04 Å². The van der Waals surface area contributed by atoms with Crippen LogP contribution in [-0.2, 0) is 9.84 Å². The molecule has 2 N–H and O–H groups in total. The van der Waals surface area contributed by atoms with Crippen molar-refractivity contribution in [2.45, 2.75) is 32.1 Å². The van der Waals surface area contributed by atoms with Crippen molar-refractivity contribution in [3.63, 3.8) is 0 Å².